The lowest BCUT2D eigenvalue weighted by Gasteiger charge is -2.16. The molecule has 0 aromatic heterocycles. The predicted molar refractivity (Wildman–Crippen MR) is 114 cm³/mol. The van der Waals surface area contributed by atoms with Gasteiger partial charge in [-0.25, -0.2) is 13.2 Å². The number of esters is 1. The minimum absolute atomic E-state index is 0.115. The fourth-order valence-corrected chi connectivity index (χ4v) is 4.92. The van der Waals surface area contributed by atoms with Gasteiger partial charge in [-0.15, -0.1) is 0 Å². The Hall–Kier alpha value is -2.13. The Kier molecular flexibility index (Phi) is 7.02. The molecule has 1 N–H and O–H groups in total. The Morgan fingerprint density at radius 1 is 1.07 bits per heavy atom. The topological polar surface area (TPSA) is 92.8 Å². The lowest BCUT2D eigenvalue weighted by molar-refractivity contribution is -0.123. The van der Waals surface area contributed by atoms with E-state index in [1.165, 1.54) is 47.6 Å². The van der Waals surface area contributed by atoms with Crippen molar-refractivity contribution in [1.82, 2.24) is 4.31 Å². The van der Waals surface area contributed by atoms with Crippen LogP contribution in [0.4, 0.5) is 5.69 Å². The van der Waals surface area contributed by atoms with Gasteiger partial charge in [-0.1, -0.05) is 23.2 Å². The predicted octanol–water partition coefficient (Wildman–Crippen LogP) is 3.96. The number of hydrogen-bond donors (Lipinski definition) is 1. The lowest BCUT2D eigenvalue weighted by Crippen LogP contribution is -2.30. The van der Waals surface area contributed by atoms with Gasteiger partial charge < -0.3 is 10.1 Å². The van der Waals surface area contributed by atoms with Gasteiger partial charge in [0.1, 0.15) is 0 Å². The molecule has 1 aliphatic heterocycles. The highest BCUT2D eigenvalue weighted by molar-refractivity contribution is 7.89. The summed E-state index contributed by atoms with van der Waals surface area (Å²) >= 11 is 11.8. The molecule has 0 saturated carbocycles. The van der Waals surface area contributed by atoms with Crippen molar-refractivity contribution in [2.45, 2.75) is 30.8 Å². The molecule has 0 unspecified atom stereocenters. The first kappa shape index (κ1) is 22.6. The fraction of sp³-hybridized carbons (Fsp3) is 0.300. The van der Waals surface area contributed by atoms with E-state index < -0.39 is 28.0 Å². The van der Waals surface area contributed by atoms with E-state index in [1.807, 2.05) is 0 Å². The van der Waals surface area contributed by atoms with Gasteiger partial charge in [0.15, 0.2) is 6.10 Å². The van der Waals surface area contributed by atoms with Crippen molar-refractivity contribution in [3.63, 3.8) is 0 Å². The van der Waals surface area contributed by atoms with Crippen molar-refractivity contribution in [2.75, 3.05) is 18.4 Å². The molecule has 1 amide bonds. The summed E-state index contributed by atoms with van der Waals surface area (Å²) in [5, 5.41) is 3.24. The van der Waals surface area contributed by atoms with Gasteiger partial charge in [0, 0.05) is 18.1 Å². The molecule has 0 aliphatic carbocycles. The van der Waals surface area contributed by atoms with Gasteiger partial charge in [0.2, 0.25) is 10.0 Å². The Morgan fingerprint density at radius 2 is 1.70 bits per heavy atom. The number of hydrogen-bond acceptors (Lipinski definition) is 5. The molecule has 1 atom stereocenters. The number of amides is 1. The highest BCUT2D eigenvalue weighted by Crippen LogP contribution is 2.26. The SMILES string of the molecule is C[C@@H](OC(=O)c1ccc(S(=O)(=O)N2CCCC2)cc1)C(=O)Nc1ccc(Cl)cc1Cl. The Morgan fingerprint density at radius 3 is 2.30 bits per heavy atom. The molecule has 30 heavy (non-hydrogen) atoms. The number of benzene rings is 2. The largest absolute Gasteiger partial charge is 0.449 e. The minimum atomic E-state index is -3.56. The van der Waals surface area contributed by atoms with E-state index in [0.29, 0.717) is 23.8 Å². The zero-order chi connectivity index (χ0) is 21.9. The van der Waals surface area contributed by atoms with Crippen LogP contribution >= 0.6 is 23.2 Å². The van der Waals surface area contributed by atoms with Gasteiger partial charge >= 0.3 is 5.97 Å². The quantitative estimate of drug-likeness (QED) is 0.644. The minimum Gasteiger partial charge on any atom is -0.449 e. The van der Waals surface area contributed by atoms with E-state index in [9.17, 15) is 18.0 Å². The summed E-state index contributed by atoms with van der Waals surface area (Å²) < 4.78 is 31.7. The molecule has 0 bridgehead atoms. The van der Waals surface area contributed by atoms with Gasteiger partial charge in [0.25, 0.3) is 5.91 Å². The number of nitrogens with zero attached hydrogens (tertiary/aromatic N) is 1. The number of nitrogens with one attached hydrogen (secondary N) is 1. The molecule has 2 aromatic rings. The van der Waals surface area contributed by atoms with Crippen LogP contribution in [0.5, 0.6) is 0 Å². The molecule has 0 radical (unpaired) electrons. The molecular weight excluding hydrogens is 451 g/mol. The van der Waals surface area contributed by atoms with Crippen molar-refractivity contribution < 1.29 is 22.7 Å². The second-order valence-electron chi connectivity index (χ2n) is 6.80. The summed E-state index contributed by atoms with van der Waals surface area (Å²) in [6.07, 6.45) is 0.576. The van der Waals surface area contributed by atoms with Crippen LogP contribution in [0.2, 0.25) is 10.0 Å². The number of ether oxygens (including phenoxy) is 1. The summed E-state index contributed by atoms with van der Waals surface area (Å²) in [7, 11) is -3.56. The van der Waals surface area contributed by atoms with Gasteiger partial charge in [-0.3, -0.25) is 4.79 Å². The zero-order valence-electron chi connectivity index (χ0n) is 16.1. The molecule has 2 aromatic carbocycles. The Bertz CT molecular complexity index is 1050. The maximum Gasteiger partial charge on any atom is 0.338 e. The summed E-state index contributed by atoms with van der Waals surface area (Å²) in [6.45, 7) is 2.41. The Balaban J connectivity index is 1.63. The normalized spacial score (nSPS) is 15.6. The smallest absolute Gasteiger partial charge is 0.338 e. The van der Waals surface area contributed by atoms with E-state index >= 15 is 0 Å². The summed E-state index contributed by atoms with van der Waals surface area (Å²) in [6, 6.07) is 10.0. The molecule has 1 fully saturated rings. The third kappa shape index (κ3) is 5.13. The summed E-state index contributed by atoms with van der Waals surface area (Å²) in [5.74, 6) is -1.31. The van der Waals surface area contributed by atoms with Crippen molar-refractivity contribution in [3.8, 4) is 0 Å². The van der Waals surface area contributed by atoms with Crippen LogP contribution in [-0.2, 0) is 19.6 Å². The average molecular weight is 471 g/mol. The van der Waals surface area contributed by atoms with Crippen LogP contribution < -0.4 is 5.32 Å². The van der Waals surface area contributed by atoms with Crippen molar-refractivity contribution in [3.05, 3.63) is 58.1 Å². The molecule has 160 valence electrons. The molecule has 1 aliphatic rings. The van der Waals surface area contributed by atoms with E-state index in [1.54, 1.807) is 6.07 Å². The fourth-order valence-electron chi connectivity index (χ4n) is 2.95. The highest BCUT2D eigenvalue weighted by atomic mass is 35.5. The number of rotatable bonds is 6. The number of halogens is 2. The molecule has 3 rings (SSSR count). The van der Waals surface area contributed by atoms with Gasteiger partial charge in [0.05, 0.1) is 21.2 Å². The second-order valence-corrected chi connectivity index (χ2v) is 9.58. The van der Waals surface area contributed by atoms with E-state index in [0.717, 1.165) is 12.8 Å². The highest BCUT2D eigenvalue weighted by Gasteiger charge is 2.27. The lowest BCUT2D eigenvalue weighted by atomic mass is 10.2. The van der Waals surface area contributed by atoms with Crippen LogP contribution in [0.1, 0.15) is 30.1 Å². The average Bonchev–Trinajstić information content (AvgIpc) is 3.26. The third-order valence-electron chi connectivity index (χ3n) is 4.63. The van der Waals surface area contributed by atoms with Crippen molar-refractivity contribution in [1.29, 1.82) is 0 Å². The third-order valence-corrected chi connectivity index (χ3v) is 7.10. The molecule has 7 nitrogen and oxygen atoms in total. The number of carbonyl (C=O) groups excluding carboxylic acids is 2. The van der Waals surface area contributed by atoms with Crippen molar-refractivity contribution >= 4 is 50.8 Å². The Labute approximate surface area is 185 Å². The molecule has 1 saturated heterocycles. The van der Waals surface area contributed by atoms with Gasteiger partial charge in [-0.05, 0) is 62.2 Å². The maximum atomic E-state index is 12.5. The summed E-state index contributed by atoms with van der Waals surface area (Å²) in [4.78, 5) is 24.7. The molecule has 0 spiro atoms. The zero-order valence-corrected chi connectivity index (χ0v) is 18.4. The van der Waals surface area contributed by atoms with Crippen molar-refractivity contribution in [2.24, 2.45) is 0 Å². The molecule has 1 heterocycles. The first-order valence-electron chi connectivity index (χ1n) is 9.25. The number of anilines is 1. The standard InChI is InChI=1S/C20H20Cl2N2O5S/c1-13(19(25)23-18-9-6-15(21)12-17(18)22)29-20(26)14-4-7-16(8-5-14)30(27,28)24-10-2-3-11-24/h4-9,12-13H,2-3,10-11H2,1H3,(H,23,25)/t13-/m1/s1. The number of carbonyl (C=O) groups is 2. The van der Waals surface area contributed by atoms with E-state index in [-0.39, 0.29) is 15.5 Å². The van der Waals surface area contributed by atoms with E-state index in [4.69, 9.17) is 27.9 Å². The van der Waals surface area contributed by atoms with Crippen LogP contribution in [0.15, 0.2) is 47.4 Å². The first-order valence-corrected chi connectivity index (χ1v) is 11.4. The number of sulfonamides is 1. The van der Waals surface area contributed by atoms with Crippen LogP contribution in [-0.4, -0.2) is 43.8 Å². The monoisotopic (exact) mass is 470 g/mol. The van der Waals surface area contributed by atoms with E-state index in [2.05, 4.69) is 5.32 Å². The molecule has 10 heteroatoms. The van der Waals surface area contributed by atoms with Crippen LogP contribution in [0.25, 0.3) is 0 Å². The van der Waals surface area contributed by atoms with Crippen LogP contribution in [0.3, 0.4) is 0 Å². The summed E-state index contributed by atoms with van der Waals surface area (Å²) in [5.41, 5.74) is 0.477. The van der Waals surface area contributed by atoms with Gasteiger partial charge in [-0.2, -0.15) is 4.31 Å². The molecular formula is C20H20Cl2N2O5S. The van der Waals surface area contributed by atoms with Crippen LogP contribution in [0, 0.1) is 0 Å². The second kappa shape index (κ2) is 9.34. The maximum absolute atomic E-state index is 12.5. The first-order chi connectivity index (χ1) is 14.2.